The highest BCUT2D eigenvalue weighted by molar-refractivity contribution is 5.40. The van der Waals surface area contributed by atoms with Crippen molar-refractivity contribution >= 4 is 0 Å². The topological polar surface area (TPSA) is 35.2 Å². The highest BCUT2D eigenvalue weighted by Gasteiger charge is 2.15. The first-order valence-electron chi connectivity index (χ1n) is 6.54. The monoisotopic (exact) mass is 295 g/mol. The predicted molar refractivity (Wildman–Crippen MR) is 74.9 cm³/mol. The SMILES string of the molecule is Cc1ccc(F)cc1Oc1c(F)cc(CC(C)N)cc1F. The van der Waals surface area contributed by atoms with Gasteiger partial charge < -0.3 is 10.5 Å². The van der Waals surface area contributed by atoms with Crippen LogP contribution in [0.25, 0.3) is 0 Å². The lowest BCUT2D eigenvalue weighted by molar-refractivity contribution is 0.402. The van der Waals surface area contributed by atoms with Gasteiger partial charge in [-0.3, -0.25) is 0 Å². The smallest absolute Gasteiger partial charge is 0.198 e. The van der Waals surface area contributed by atoms with Crippen LogP contribution in [0.3, 0.4) is 0 Å². The fraction of sp³-hybridized carbons (Fsp3) is 0.250. The summed E-state index contributed by atoms with van der Waals surface area (Å²) >= 11 is 0. The zero-order chi connectivity index (χ0) is 15.6. The fourth-order valence-corrected chi connectivity index (χ4v) is 1.99. The summed E-state index contributed by atoms with van der Waals surface area (Å²) in [7, 11) is 0. The molecule has 2 aromatic rings. The summed E-state index contributed by atoms with van der Waals surface area (Å²) in [5, 5.41) is 0. The van der Waals surface area contributed by atoms with Gasteiger partial charge >= 0.3 is 0 Å². The van der Waals surface area contributed by atoms with E-state index >= 15 is 0 Å². The van der Waals surface area contributed by atoms with Gasteiger partial charge in [0.05, 0.1) is 0 Å². The molecule has 21 heavy (non-hydrogen) atoms. The van der Waals surface area contributed by atoms with Crippen molar-refractivity contribution < 1.29 is 17.9 Å². The third-order valence-electron chi connectivity index (χ3n) is 2.98. The van der Waals surface area contributed by atoms with Crippen molar-refractivity contribution in [1.29, 1.82) is 0 Å². The molecule has 0 heterocycles. The second-order valence-electron chi connectivity index (χ2n) is 5.08. The van der Waals surface area contributed by atoms with Crippen LogP contribution in [0.4, 0.5) is 13.2 Å². The van der Waals surface area contributed by atoms with Crippen molar-refractivity contribution in [2.24, 2.45) is 5.73 Å². The van der Waals surface area contributed by atoms with Gasteiger partial charge in [0.1, 0.15) is 11.6 Å². The molecule has 0 saturated heterocycles. The van der Waals surface area contributed by atoms with E-state index in [0.29, 0.717) is 17.5 Å². The minimum absolute atomic E-state index is 0.0766. The van der Waals surface area contributed by atoms with Crippen LogP contribution in [0.15, 0.2) is 30.3 Å². The molecule has 0 aliphatic rings. The Morgan fingerprint density at radius 1 is 1.10 bits per heavy atom. The highest BCUT2D eigenvalue weighted by Crippen LogP contribution is 2.31. The molecule has 2 aromatic carbocycles. The molecule has 0 radical (unpaired) electrons. The van der Waals surface area contributed by atoms with Gasteiger partial charge in [-0.1, -0.05) is 6.07 Å². The van der Waals surface area contributed by atoms with E-state index < -0.39 is 23.2 Å². The molecule has 0 bridgehead atoms. The Bertz CT molecular complexity index is 633. The average molecular weight is 295 g/mol. The van der Waals surface area contributed by atoms with Crippen LogP contribution in [0, 0.1) is 24.4 Å². The zero-order valence-corrected chi connectivity index (χ0v) is 11.8. The van der Waals surface area contributed by atoms with E-state index in [2.05, 4.69) is 0 Å². The Balaban J connectivity index is 2.34. The Hall–Kier alpha value is -2.01. The van der Waals surface area contributed by atoms with Crippen molar-refractivity contribution in [3.05, 3.63) is 58.9 Å². The minimum Gasteiger partial charge on any atom is -0.451 e. The van der Waals surface area contributed by atoms with Crippen molar-refractivity contribution in [2.45, 2.75) is 26.3 Å². The van der Waals surface area contributed by atoms with Crippen LogP contribution in [0.2, 0.25) is 0 Å². The van der Waals surface area contributed by atoms with Crippen LogP contribution < -0.4 is 10.5 Å². The number of aryl methyl sites for hydroxylation is 1. The normalized spacial score (nSPS) is 12.3. The Kier molecular flexibility index (Phi) is 4.53. The van der Waals surface area contributed by atoms with Crippen LogP contribution in [0.5, 0.6) is 11.5 Å². The third-order valence-corrected chi connectivity index (χ3v) is 2.98. The van der Waals surface area contributed by atoms with Crippen molar-refractivity contribution in [1.82, 2.24) is 0 Å². The van der Waals surface area contributed by atoms with E-state index in [4.69, 9.17) is 10.5 Å². The van der Waals surface area contributed by atoms with Gasteiger partial charge in [-0.05, 0) is 49.6 Å². The lowest BCUT2D eigenvalue weighted by Crippen LogP contribution is -2.18. The molecule has 0 saturated carbocycles. The molecule has 1 unspecified atom stereocenters. The molecule has 2 rings (SSSR count). The summed E-state index contributed by atoms with van der Waals surface area (Å²) < 4.78 is 46.3. The summed E-state index contributed by atoms with van der Waals surface area (Å²) in [6, 6.07) is 5.96. The molecular formula is C16H16F3NO. The van der Waals surface area contributed by atoms with Crippen LogP contribution in [-0.4, -0.2) is 6.04 Å². The molecule has 2 N–H and O–H groups in total. The van der Waals surface area contributed by atoms with E-state index in [9.17, 15) is 13.2 Å². The van der Waals surface area contributed by atoms with Crippen LogP contribution in [-0.2, 0) is 6.42 Å². The molecule has 0 aliphatic carbocycles. The summed E-state index contributed by atoms with van der Waals surface area (Å²) in [5.74, 6) is -2.68. The quantitative estimate of drug-likeness (QED) is 0.922. The lowest BCUT2D eigenvalue weighted by Gasteiger charge is -2.12. The molecule has 0 aromatic heterocycles. The Morgan fingerprint density at radius 2 is 1.71 bits per heavy atom. The largest absolute Gasteiger partial charge is 0.451 e. The van der Waals surface area contributed by atoms with E-state index in [0.717, 1.165) is 6.07 Å². The van der Waals surface area contributed by atoms with Crippen LogP contribution >= 0.6 is 0 Å². The molecule has 0 amide bonds. The second-order valence-corrected chi connectivity index (χ2v) is 5.08. The van der Waals surface area contributed by atoms with Crippen molar-refractivity contribution in [3.63, 3.8) is 0 Å². The highest BCUT2D eigenvalue weighted by atomic mass is 19.1. The van der Waals surface area contributed by atoms with Crippen LogP contribution in [0.1, 0.15) is 18.1 Å². The van der Waals surface area contributed by atoms with Gasteiger partial charge in [0.15, 0.2) is 17.4 Å². The summed E-state index contributed by atoms with van der Waals surface area (Å²) in [6.07, 6.45) is 0.354. The number of nitrogens with two attached hydrogens (primary N) is 1. The van der Waals surface area contributed by atoms with E-state index in [-0.39, 0.29) is 11.8 Å². The standard InChI is InChI=1S/C16H16F3NO/c1-9-3-4-12(17)8-15(9)21-16-13(18)6-11(5-10(2)20)7-14(16)19/h3-4,6-8,10H,5,20H2,1-2H3. The maximum atomic E-state index is 14.0. The summed E-state index contributed by atoms with van der Waals surface area (Å²) in [4.78, 5) is 0. The van der Waals surface area contributed by atoms with E-state index in [1.807, 2.05) is 0 Å². The zero-order valence-electron chi connectivity index (χ0n) is 11.8. The van der Waals surface area contributed by atoms with Crippen molar-refractivity contribution in [3.8, 4) is 11.5 Å². The average Bonchev–Trinajstić information content (AvgIpc) is 2.37. The maximum absolute atomic E-state index is 14.0. The van der Waals surface area contributed by atoms with Gasteiger partial charge in [0.2, 0.25) is 0 Å². The Labute approximate surface area is 121 Å². The minimum atomic E-state index is -0.839. The number of rotatable bonds is 4. The molecule has 0 spiro atoms. The molecule has 112 valence electrons. The maximum Gasteiger partial charge on any atom is 0.198 e. The Morgan fingerprint density at radius 3 is 2.29 bits per heavy atom. The van der Waals surface area contributed by atoms with E-state index in [1.165, 1.54) is 24.3 Å². The molecule has 0 fully saturated rings. The second kappa shape index (κ2) is 6.18. The number of hydrogen-bond acceptors (Lipinski definition) is 2. The fourth-order valence-electron chi connectivity index (χ4n) is 1.99. The number of benzene rings is 2. The molecule has 5 heteroatoms. The number of hydrogen-bond donors (Lipinski definition) is 1. The molecule has 2 nitrogen and oxygen atoms in total. The van der Waals surface area contributed by atoms with Gasteiger partial charge in [0.25, 0.3) is 0 Å². The van der Waals surface area contributed by atoms with Gasteiger partial charge in [0, 0.05) is 12.1 Å². The first-order chi connectivity index (χ1) is 9.86. The predicted octanol–water partition coefficient (Wildman–Crippen LogP) is 4.09. The van der Waals surface area contributed by atoms with Gasteiger partial charge in [-0.25, -0.2) is 13.2 Å². The van der Waals surface area contributed by atoms with E-state index in [1.54, 1.807) is 13.8 Å². The van der Waals surface area contributed by atoms with Gasteiger partial charge in [-0.2, -0.15) is 0 Å². The number of ether oxygens (including phenoxy) is 1. The first kappa shape index (κ1) is 15.4. The third kappa shape index (κ3) is 3.76. The summed E-state index contributed by atoms with van der Waals surface area (Å²) in [5.41, 5.74) is 6.63. The molecular weight excluding hydrogens is 279 g/mol. The molecule has 1 atom stereocenters. The first-order valence-corrected chi connectivity index (χ1v) is 6.54. The van der Waals surface area contributed by atoms with Gasteiger partial charge in [-0.15, -0.1) is 0 Å². The lowest BCUT2D eigenvalue weighted by atomic mass is 10.1. The number of halogens is 3. The molecule has 0 aliphatic heterocycles. The van der Waals surface area contributed by atoms with Crippen molar-refractivity contribution in [2.75, 3.05) is 0 Å². The summed E-state index contributed by atoms with van der Waals surface area (Å²) in [6.45, 7) is 3.41.